The van der Waals surface area contributed by atoms with E-state index in [2.05, 4.69) is 10.2 Å². The molecule has 0 unspecified atom stereocenters. The van der Waals surface area contributed by atoms with Crippen LogP contribution in [-0.2, 0) is 28.4 Å². The molecular formula is C17H26N6O3S. The van der Waals surface area contributed by atoms with Crippen LogP contribution in [0.25, 0.3) is 0 Å². The lowest BCUT2D eigenvalue weighted by Crippen LogP contribution is -2.50. The molecule has 0 radical (unpaired) electrons. The van der Waals surface area contributed by atoms with Gasteiger partial charge in [-0.05, 0) is 26.8 Å². The van der Waals surface area contributed by atoms with Crippen molar-refractivity contribution >= 4 is 15.9 Å². The Bertz CT molecular complexity index is 938. The molecule has 1 fully saturated rings. The Morgan fingerprint density at radius 2 is 1.81 bits per heavy atom. The van der Waals surface area contributed by atoms with Gasteiger partial charge >= 0.3 is 0 Å². The van der Waals surface area contributed by atoms with Crippen molar-refractivity contribution in [2.24, 2.45) is 7.05 Å². The van der Waals surface area contributed by atoms with Gasteiger partial charge in [0.15, 0.2) is 0 Å². The highest BCUT2D eigenvalue weighted by Crippen LogP contribution is 2.20. The summed E-state index contributed by atoms with van der Waals surface area (Å²) < 4.78 is 30.4. The molecule has 148 valence electrons. The Hall–Kier alpha value is -2.20. The predicted octanol–water partition coefficient (Wildman–Crippen LogP) is 0.465. The Morgan fingerprint density at radius 3 is 2.33 bits per heavy atom. The maximum absolute atomic E-state index is 12.8. The fourth-order valence-electron chi connectivity index (χ4n) is 3.31. The van der Waals surface area contributed by atoms with Crippen molar-refractivity contribution in [3.63, 3.8) is 0 Å². The number of amides is 1. The van der Waals surface area contributed by atoms with Gasteiger partial charge in [-0.2, -0.15) is 14.5 Å². The Balaban J connectivity index is 1.57. The topological polar surface area (TPSA) is 93.3 Å². The van der Waals surface area contributed by atoms with E-state index in [4.69, 9.17) is 0 Å². The van der Waals surface area contributed by atoms with Crippen LogP contribution in [-0.4, -0.2) is 69.3 Å². The summed E-state index contributed by atoms with van der Waals surface area (Å²) in [6.07, 6.45) is 1.74. The predicted molar refractivity (Wildman–Crippen MR) is 99.6 cm³/mol. The molecule has 27 heavy (non-hydrogen) atoms. The second-order valence-corrected chi connectivity index (χ2v) is 8.81. The van der Waals surface area contributed by atoms with Crippen molar-refractivity contribution in [1.29, 1.82) is 0 Å². The Kier molecular flexibility index (Phi) is 5.38. The van der Waals surface area contributed by atoms with Gasteiger partial charge in [0, 0.05) is 51.9 Å². The number of hydrogen-bond donors (Lipinski definition) is 0. The summed E-state index contributed by atoms with van der Waals surface area (Å²) in [7, 11) is -1.87. The number of sulfonamides is 1. The lowest BCUT2D eigenvalue weighted by atomic mass is 10.3. The third kappa shape index (κ3) is 3.91. The number of carbonyl (C=O) groups excluding carboxylic acids is 1. The molecule has 0 bridgehead atoms. The first-order valence-electron chi connectivity index (χ1n) is 8.97. The molecule has 0 saturated carbocycles. The molecule has 1 aliphatic heterocycles. The normalized spacial score (nSPS) is 16.1. The van der Waals surface area contributed by atoms with Crippen LogP contribution < -0.4 is 0 Å². The minimum Gasteiger partial charge on any atom is -0.340 e. The van der Waals surface area contributed by atoms with Crippen molar-refractivity contribution in [2.75, 3.05) is 26.2 Å². The number of nitrogens with zero attached hydrogens (tertiary/aromatic N) is 6. The van der Waals surface area contributed by atoms with Crippen LogP contribution in [0.1, 0.15) is 23.5 Å². The van der Waals surface area contributed by atoms with E-state index < -0.39 is 10.0 Å². The number of aromatic nitrogens is 4. The number of aryl methyl sites for hydroxylation is 4. The maximum Gasteiger partial charge on any atom is 0.246 e. The number of hydrogen-bond acceptors (Lipinski definition) is 5. The number of piperazine rings is 1. The smallest absolute Gasteiger partial charge is 0.246 e. The molecule has 2 aromatic heterocycles. The molecule has 1 aliphatic rings. The molecule has 0 aromatic carbocycles. The third-order valence-corrected chi connectivity index (χ3v) is 7.04. The van der Waals surface area contributed by atoms with Gasteiger partial charge in [0.25, 0.3) is 0 Å². The monoisotopic (exact) mass is 394 g/mol. The molecule has 0 atom stereocenters. The quantitative estimate of drug-likeness (QED) is 0.735. The van der Waals surface area contributed by atoms with Gasteiger partial charge in [-0.15, -0.1) is 0 Å². The molecule has 1 saturated heterocycles. The zero-order valence-electron chi connectivity index (χ0n) is 16.2. The zero-order chi connectivity index (χ0) is 19.8. The SMILES string of the molecule is Cc1cc(C)n(CCC(=O)N2CCN(S(=O)(=O)c3cnn(C)c3C)CC2)n1. The molecule has 9 nitrogen and oxygen atoms in total. The summed E-state index contributed by atoms with van der Waals surface area (Å²) in [6, 6.07) is 1.98. The van der Waals surface area contributed by atoms with E-state index >= 15 is 0 Å². The highest BCUT2D eigenvalue weighted by molar-refractivity contribution is 7.89. The summed E-state index contributed by atoms with van der Waals surface area (Å²) >= 11 is 0. The minimum atomic E-state index is -3.58. The Labute approximate surface area is 159 Å². The van der Waals surface area contributed by atoms with Crippen molar-refractivity contribution in [2.45, 2.75) is 38.6 Å². The average Bonchev–Trinajstić information content (AvgIpc) is 3.14. The van der Waals surface area contributed by atoms with Crippen molar-refractivity contribution in [3.05, 3.63) is 29.3 Å². The molecule has 0 N–H and O–H groups in total. The van der Waals surface area contributed by atoms with E-state index in [0.717, 1.165) is 11.4 Å². The van der Waals surface area contributed by atoms with Crippen LogP contribution in [0.5, 0.6) is 0 Å². The van der Waals surface area contributed by atoms with Crippen LogP contribution >= 0.6 is 0 Å². The number of carbonyl (C=O) groups is 1. The van der Waals surface area contributed by atoms with Crippen molar-refractivity contribution < 1.29 is 13.2 Å². The summed E-state index contributed by atoms with van der Waals surface area (Å²) in [5.74, 6) is 0.0251. The van der Waals surface area contributed by atoms with Gasteiger partial charge < -0.3 is 4.90 Å². The molecule has 0 aliphatic carbocycles. The second-order valence-electron chi connectivity index (χ2n) is 6.90. The molecule has 1 amide bonds. The lowest BCUT2D eigenvalue weighted by molar-refractivity contribution is -0.132. The highest BCUT2D eigenvalue weighted by atomic mass is 32.2. The third-order valence-electron chi connectivity index (χ3n) is 5.04. The molecule has 2 aromatic rings. The first kappa shape index (κ1) is 19.6. The summed E-state index contributed by atoms with van der Waals surface area (Å²) in [4.78, 5) is 14.4. The molecule has 0 spiro atoms. The van der Waals surface area contributed by atoms with Gasteiger partial charge in [-0.25, -0.2) is 8.42 Å². The van der Waals surface area contributed by atoms with Crippen LogP contribution in [0.3, 0.4) is 0 Å². The van der Waals surface area contributed by atoms with Crippen LogP contribution in [0, 0.1) is 20.8 Å². The van der Waals surface area contributed by atoms with Crippen molar-refractivity contribution in [1.82, 2.24) is 28.8 Å². The minimum absolute atomic E-state index is 0.0251. The first-order valence-corrected chi connectivity index (χ1v) is 10.4. The van der Waals surface area contributed by atoms with E-state index in [1.807, 2.05) is 24.6 Å². The van der Waals surface area contributed by atoms with Gasteiger partial charge in [0.1, 0.15) is 4.90 Å². The summed E-state index contributed by atoms with van der Waals surface area (Å²) in [6.45, 7) is 7.54. The standard InChI is InChI=1S/C17H26N6O3S/c1-13-11-14(2)23(19-13)6-5-17(24)21-7-9-22(10-8-21)27(25,26)16-12-18-20(4)15(16)3/h11-12H,5-10H2,1-4H3. The van der Waals surface area contributed by atoms with E-state index in [-0.39, 0.29) is 10.8 Å². The fraction of sp³-hybridized carbons (Fsp3) is 0.588. The van der Waals surface area contributed by atoms with Gasteiger partial charge in [-0.3, -0.25) is 14.2 Å². The van der Waals surface area contributed by atoms with Crippen molar-refractivity contribution in [3.8, 4) is 0 Å². The lowest BCUT2D eigenvalue weighted by Gasteiger charge is -2.34. The number of rotatable bonds is 5. The first-order chi connectivity index (χ1) is 12.7. The fourth-order valence-corrected chi connectivity index (χ4v) is 4.92. The average molecular weight is 395 g/mol. The second kappa shape index (κ2) is 7.43. The van der Waals surface area contributed by atoms with E-state index in [9.17, 15) is 13.2 Å². The summed E-state index contributed by atoms with van der Waals surface area (Å²) in [5.41, 5.74) is 2.57. The molecule has 10 heteroatoms. The maximum atomic E-state index is 12.8. The zero-order valence-corrected chi connectivity index (χ0v) is 17.0. The molecule has 3 rings (SSSR count). The highest BCUT2D eigenvalue weighted by Gasteiger charge is 2.32. The van der Waals surface area contributed by atoms with Gasteiger partial charge in [0.05, 0.1) is 17.6 Å². The van der Waals surface area contributed by atoms with E-state index in [1.165, 1.54) is 10.5 Å². The van der Waals surface area contributed by atoms with Gasteiger partial charge in [-0.1, -0.05) is 0 Å². The largest absolute Gasteiger partial charge is 0.340 e. The molecular weight excluding hydrogens is 368 g/mol. The molecule has 3 heterocycles. The van der Waals surface area contributed by atoms with Crippen LogP contribution in [0.2, 0.25) is 0 Å². The van der Waals surface area contributed by atoms with Crippen LogP contribution in [0.4, 0.5) is 0 Å². The summed E-state index contributed by atoms with van der Waals surface area (Å²) in [5, 5.41) is 8.39. The van der Waals surface area contributed by atoms with Crippen LogP contribution in [0.15, 0.2) is 17.2 Å². The Morgan fingerprint density at radius 1 is 1.15 bits per heavy atom. The van der Waals surface area contributed by atoms with Gasteiger partial charge in [0.2, 0.25) is 15.9 Å². The van der Waals surface area contributed by atoms with E-state index in [1.54, 1.807) is 23.6 Å². The van der Waals surface area contributed by atoms with E-state index in [0.29, 0.717) is 44.8 Å².